The number of hydrogen-bond acceptors (Lipinski definition) is 3. The number of nitrogens with one attached hydrogen (secondary N) is 2. The van der Waals surface area contributed by atoms with Crippen LogP contribution in [0.15, 0.2) is 18.2 Å². The first-order chi connectivity index (χ1) is 10.2. The fourth-order valence-corrected chi connectivity index (χ4v) is 2.75. The molecule has 114 valence electrons. The Labute approximate surface area is 124 Å². The molecular formula is C16H22FN3O. The third kappa shape index (κ3) is 3.73. The summed E-state index contributed by atoms with van der Waals surface area (Å²) in [7, 11) is 0. The Morgan fingerprint density at radius 3 is 2.76 bits per heavy atom. The van der Waals surface area contributed by atoms with Gasteiger partial charge in [0, 0.05) is 13.1 Å². The van der Waals surface area contributed by atoms with Gasteiger partial charge < -0.3 is 15.5 Å². The second-order valence-electron chi connectivity index (χ2n) is 5.95. The minimum atomic E-state index is -0.366. The van der Waals surface area contributed by atoms with Gasteiger partial charge in [-0.3, -0.25) is 4.79 Å². The Hall–Kier alpha value is -1.62. The molecule has 0 aromatic heterocycles. The number of benzene rings is 1. The lowest BCUT2D eigenvalue weighted by molar-refractivity contribution is -0.115. The highest BCUT2D eigenvalue weighted by Crippen LogP contribution is 2.31. The number of para-hydroxylation sites is 1. The van der Waals surface area contributed by atoms with Crippen molar-refractivity contribution in [1.29, 1.82) is 0 Å². The van der Waals surface area contributed by atoms with Gasteiger partial charge in [0.25, 0.3) is 0 Å². The summed E-state index contributed by atoms with van der Waals surface area (Å²) < 4.78 is 14.1. The Balaban J connectivity index is 1.63. The minimum Gasteiger partial charge on any atom is -0.370 e. The average Bonchev–Trinajstić information content (AvgIpc) is 3.13. The maximum Gasteiger partial charge on any atom is 0.238 e. The highest BCUT2D eigenvalue weighted by molar-refractivity contribution is 5.95. The monoisotopic (exact) mass is 291 g/mol. The molecule has 2 N–H and O–H groups in total. The molecule has 0 spiro atoms. The summed E-state index contributed by atoms with van der Waals surface area (Å²) in [5.74, 6) is 0.183. The van der Waals surface area contributed by atoms with Crippen LogP contribution in [0.1, 0.15) is 25.7 Å². The first-order valence-electron chi connectivity index (χ1n) is 7.78. The summed E-state index contributed by atoms with van der Waals surface area (Å²) in [5, 5.41) is 5.86. The van der Waals surface area contributed by atoms with Gasteiger partial charge in [-0.25, -0.2) is 4.39 Å². The lowest BCUT2D eigenvalue weighted by Crippen LogP contribution is -2.30. The summed E-state index contributed by atoms with van der Waals surface area (Å²) in [6.45, 7) is 2.96. The lowest BCUT2D eigenvalue weighted by atomic mass is 10.2. The van der Waals surface area contributed by atoms with Gasteiger partial charge >= 0.3 is 0 Å². The van der Waals surface area contributed by atoms with Crippen molar-refractivity contribution in [3.05, 3.63) is 24.0 Å². The summed E-state index contributed by atoms with van der Waals surface area (Å²) in [6, 6.07) is 4.97. The second kappa shape index (κ2) is 6.43. The van der Waals surface area contributed by atoms with E-state index in [4.69, 9.17) is 0 Å². The SMILES string of the molecule is O=C(CNCC1CC1)Nc1c(F)cccc1N1CCCC1. The number of carbonyl (C=O) groups is 1. The highest BCUT2D eigenvalue weighted by atomic mass is 19.1. The van der Waals surface area contributed by atoms with E-state index in [-0.39, 0.29) is 18.3 Å². The van der Waals surface area contributed by atoms with Crippen molar-refractivity contribution < 1.29 is 9.18 Å². The molecule has 2 fully saturated rings. The molecule has 1 saturated heterocycles. The Morgan fingerprint density at radius 2 is 2.05 bits per heavy atom. The van der Waals surface area contributed by atoms with E-state index in [1.165, 1.54) is 18.9 Å². The van der Waals surface area contributed by atoms with Gasteiger partial charge in [0.05, 0.1) is 12.2 Å². The van der Waals surface area contributed by atoms with Gasteiger partial charge in [-0.15, -0.1) is 0 Å². The number of carbonyl (C=O) groups excluding carboxylic acids is 1. The van der Waals surface area contributed by atoms with Crippen LogP contribution in [-0.4, -0.2) is 32.1 Å². The lowest BCUT2D eigenvalue weighted by Gasteiger charge is -2.22. The third-order valence-electron chi connectivity index (χ3n) is 4.12. The van der Waals surface area contributed by atoms with E-state index >= 15 is 0 Å². The molecular weight excluding hydrogens is 269 g/mol. The molecule has 1 amide bonds. The number of anilines is 2. The molecule has 5 heteroatoms. The van der Waals surface area contributed by atoms with Crippen molar-refractivity contribution in [2.24, 2.45) is 5.92 Å². The van der Waals surface area contributed by atoms with Crippen molar-refractivity contribution >= 4 is 17.3 Å². The van der Waals surface area contributed by atoms with Gasteiger partial charge in [0.15, 0.2) is 0 Å². The van der Waals surface area contributed by atoms with Crippen molar-refractivity contribution in [2.45, 2.75) is 25.7 Å². The van der Waals surface area contributed by atoms with Crippen molar-refractivity contribution in [3.8, 4) is 0 Å². The number of amides is 1. The van der Waals surface area contributed by atoms with Crippen molar-refractivity contribution in [2.75, 3.05) is 36.4 Å². The van der Waals surface area contributed by atoms with Gasteiger partial charge in [-0.05, 0) is 50.3 Å². The van der Waals surface area contributed by atoms with Crippen molar-refractivity contribution in [1.82, 2.24) is 5.32 Å². The molecule has 3 rings (SSSR count). The fraction of sp³-hybridized carbons (Fsp3) is 0.562. The summed E-state index contributed by atoms with van der Waals surface area (Å²) in [6.07, 6.45) is 4.74. The van der Waals surface area contributed by atoms with Crippen LogP contribution in [0.25, 0.3) is 0 Å². The molecule has 1 aromatic rings. The van der Waals surface area contributed by atoms with E-state index < -0.39 is 0 Å². The molecule has 1 aliphatic carbocycles. The van der Waals surface area contributed by atoms with Gasteiger partial charge in [0.2, 0.25) is 5.91 Å². The standard InChI is InChI=1S/C16H22FN3O/c17-13-4-3-5-14(20-8-1-2-9-20)16(13)19-15(21)11-18-10-12-6-7-12/h3-5,12,18H,1-2,6-11H2,(H,19,21). The van der Waals surface area contributed by atoms with Crippen molar-refractivity contribution in [3.63, 3.8) is 0 Å². The minimum absolute atomic E-state index is 0.179. The fourth-order valence-electron chi connectivity index (χ4n) is 2.75. The van der Waals surface area contributed by atoms with Crippen LogP contribution in [0.5, 0.6) is 0 Å². The Kier molecular flexibility index (Phi) is 4.39. The van der Waals surface area contributed by atoms with E-state index in [1.54, 1.807) is 6.07 Å². The molecule has 4 nitrogen and oxygen atoms in total. The molecule has 21 heavy (non-hydrogen) atoms. The van der Waals surface area contributed by atoms with Crippen LogP contribution in [0.2, 0.25) is 0 Å². The zero-order valence-electron chi connectivity index (χ0n) is 12.2. The van der Waals surface area contributed by atoms with Crippen LogP contribution in [-0.2, 0) is 4.79 Å². The summed E-state index contributed by atoms with van der Waals surface area (Å²) >= 11 is 0. The molecule has 0 unspecified atom stereocenters. The van der Waals surface area contributed by atoms with Crippen LogP contribution in [0.4, 0.5) is 15.8 Å². The largest absolute Gasteiger partial charge is 0.370 e. The highest BCUT2D eigenvalue weighted by Gasteiger charge is 2.22. The van der Waals surface area contributed by atoms with E-state index in [0.717, 1.165) is 44.1 Å². The van der Waals surface area contributed by atoms with Crippen LogP contribution in [0, 0.1) is 11.7 Å². The number of halogens is 1. The zero-order chi connectivity index (χ0) is 14.7. The molecule has 0 atom stereocenters. The normalized spacial score (nSPS) is 18.0. The van der Waals surface area contributed by atoms with E-state index in [1.807, 2.05) is 6.07 Å². The van der Waals surface area contributed by atoms with E-state index in [2.05, 4.69) is 15.5 Å². The van der Waals surface area contributed by atoms with Gasteiger partial charge in [-0.1, -0.05) is 6.07 Å². The number of rotatable bonds is 6. The molecule has 0 radical (unpaired) electrons. The maximum absolute atomic E-state index is 14.1. The van der Waals surface area contributed by atoms with E-state index in [0.29, 0.717) is 5.69 Å². The smallest absolute Gasteiger partial charge is 0.238 e. The van der Waals surface area contributed by atoms with Crippen LogP contribution < -0.4 is 15.5 Å². The topological polar surface area (TPSA) is 44.4 Å². The maximum atomic E-state index is 14.1. The second-order valence-corrected chi connectivity index (χ2v) is 5.95. The predicted molar refractivity (Wildman–Crippen MR) is 82.1 cm³/mol. The first-order valence-corrected chi connectivity index (χ1v) is 7.78. The third-order valence-corrected chi connectivity index (χ3v) is 4.12. The predicted octanol–water partition coefficient (Wildman–Crippen LogP) is 2.36. The molecule has 1 heterocycles. The van der Waals surface area contributed by atoms with Gasteiger partial charge in [0.1, 0.15) is 11.5 Å². The number of hydrogen-bond donors (Lipinski definition) is 2. The quantitative estimate of drug-likeness (QED) is 0.845. The van der Waals surface area contributed by atoms with Crippen LogP contribution in [0.3, 0.4) is 0 Å². The van der Waals surface area contributed by atoms with Crippen LogP contribution >= 0.6 is 0 Å². The Morgan fingerprint density at radius 1 is 1.29 bits per heavy atom. The Bertz CT molecular complexity index is 510. The summed E-state index contributed by atoms with van der Waals surface area (Å²) in [5.41, 5.74) is 1.11. The molecule has 1 saturated carbocycles. The van der Waals surface area contributed by atoms with Gasteiger partial charge in [-0.2, -0.15) is 0 Å². The zero-order valence-corrected chi connectivity index (χ0v) is 12.2. The molecule has 1 aliphatic heterocycles. The first kappa shape index (κ1) is 14.3. The number of nitrogens with zero attached hydrogens (tertiary/aromatic N) is 1. The molecule has 2 aliphatic rings. The summed E-state index contributed by atoms with van der Waals surface area (Å²) in [4.78, 5) is 14.1. The van der Waals surface area contributed by atoms with E-state index in [9.17, 15) is 9.18 Å². The molecule has 0 bridgehead atoms. The molecule has 1 aromatic carbocycles. The average molecular weight is 291 g/mol.